The fourth-order valence-corrected chi connectivity index (χ4v) is 4.67. The van der Waals surface area contributed by atoms with E-state index in [1.54, 1.807) is 0 Å². The zero-order valence-corrected chi connectivity index (χ0v) is 12.2. The summed E-state index contributed by atoms with van der Waals surface area (Å²) in [6.45, 7) is 0. The van der Waals surface area contributed by atoms with Crippen molar-refractivity contribution in [3.8, 4) is 0 Å². The fourth-order valence-electron chi connectivity index (χ4n) is 1.56. The Morgan fingerprint density at radius 1 is 1.07 bits per heavy atom. The molecule has 3 heteroatoms. The molecule has 2 aliphatic rings. The van der Waals surface area contributed by atoms with Crippen molar-refractivity contribution in [1.29, 1.82) is 0 Å². The Balaban J connectivity index is 2.07. The maximum absolute atomic E-state index is 3.48. The van der Waals surface area contributed by atoms with Gasteiger partial charge in [0.25, 0.3) is 0 Å². The largest absolute Gasteiger partial charge is 0.355 e. The molecule has 0 radical (unpaired) electrons. The van der Waals surface area contributed by atoms with Crippen molar-refractivity contribution in [2.75, 3.05) is 0 Å². The Kier molecular flexibility index (Phi) is 2.83. The van der Waals surface area contributed by atoms with Gasteiger partial charge in [0.1, 0.15) is 0 Å². The zero-order chi connectivity index (χ0) is 10.1. The van der Waals surface area contributed by atoms with Gasteiger partial charge in [-0.25, -0.2) is 0 Å². The molecule has 0 fully saturated rings. The van der Waals surface area contributed by atoms with Crippen LogP contribution in [0.2, 0.25) is 0 Å². The van der Waals surface area contributed by atoms with E-state index >= 15 is 0 Å². The molecule has 0 amide bonds. The van der Waals surface area contributed by atoms with Crippen LogP contribution in [0.25, 0.3) is 11.6 Å². The van der Waals surface area contributed by atoms with E-state index in [-0.39, 0.29) is 41.5 Å². The van der Waals surface area contributed by atoms with Crippen molar-refractivity contribution in [1.82, 2.24) is 4.98 Å². The van der Waals surface area contributed by atoms with Gasteiger partial charge in [-0.05, 0) is 46.1 Å². The van der Waals surface area contributed by atoms with Gasteiger partial charge in [0.05, 0.1) is 0 Å². The molecule has 3 rings (SSSR count). The number of H-pyrrole nitrogens is 1. The topological polar surface area (TPSA) is 15.8 Å². The smallest absolute Gasteiger partial charge is 0.0467 e. The summed E-state index contributed by atoms with van der Waals surface area (Å²) < 4.78 is 9.28. The second-order valence-corrected chi connectivity index (χ2v) is 7.47. The molecule has 15 heavy (non-hydrogen) atoms. The van der Waals surface area contributed by atoms with Gasteiger partial charge in [-0.15, -0.1) is 0 Å². The molecule has 76 valence electrons. The minimum Gasteiger partial charge on any atom is -0.355 e. The lowest BCUT2D eigenvalue weighted by Crippen LogP contribution is -1.83. The maximum atomic E-state index is 3.48. The number of aromatic nitrogens is 1. The van der Waals surface area contributed by atoms with E-state index in [0.29, 0.717) is 0 Å². The Morgan fingerprint density at radius 2 is 2.00 bits per heavy atom. The van der Waals surface area contributed by atoms with Gasteiger partial charge < -0.3 is 4.98 Å². The second-order valence-electron chi connectivity index (χ2n) is 3.25. The first-order chi connectivity index (χ1) is 7.43. The molecule has 1 nitrogen and oxygen atoms in total. The van der Waals surface area contributed by atoms with E-state index in [4.69, 9.17) is 0 Å². The maximum Gasteiger partial charge on any atom is 0.0467 e. The first-order valence-corrected chi connectivity index (χ1v) is 9.59. The van der Waals surface area contributed by atoms with Gasteiger partial charge >= 0.3 is 0 Å². The molecule has 0 aromatic carbocycles. The number of rotatable bonds is 1. The number of hydrogen-bond acceptors (Lipinski definition) is 0. The zero-order valence-electron chi connectivity index (χ0n) is 7.87. The summed E-state index contributed by atoms with van der Waals surface area (Å²) in [5.41, 5.74) is 5.22. The number of hydrogen-bond donors (Lipinski definition) is 1. The molecule has 1 aromatic rings. The van der Waals surface area contributed by atoms with Crippen molar-refractivity contribution in [2.45, 2.75) is 0 Å². The van der Waals surface area contributed by atoms with Gasteiger partial charge in [-0.3, -0.25) is 0 Å². The minimum atomic E-state index is 0.155. The molecule has 0 saturated carbocycles. The third kappa shape index (κ3) is 1.99. The van der Waals surface area contributed by atoms with E-state index in [1.807, 2.05) is 0 Å². The van der Waals surface area contributed by atoms with Crippen LogP contribution in [-0.2, 0) is 0 Å². The van der Waals surface area contributed by atoms with Crippen LogP contribution in [0.4, 0.5) is 0 Å². The number of allylic oxidation sites excluding steroid dienone is 3. The predicted octanol–water partition coefficient (Wildman–Crippen LogP) is 3.80. The normalized spacial score (nSPS) is 17.7. The van der Waals surface area contributed by atoms with Gasteiger partial charge in [-0.1, -0.05) is 41.5 Å². The highest BCUT2D eigenvalue weighted by Gasteiger charge is 2.07. The van der Waals surface area contributed by atoms with Gasteiger partial charge in [0.15, 0.2) is 0 Å². The van der Waals surface area contributed by atoms with Crippen LogP contribution >= 0.6 is 41.5 Å². The van der Waals surface area contributed by atoms with Crippen LogP contribution < -0.4 is 0 Å². The van der Waals surface area contributed by atoms with E-state index < -0.39 is 0 Å². The van der Waals surface area contributed by atoms with E-state index in [1.165, 1.54) is 22.5 Å². The van der Waals surface area contributed by atoms with Crippen LogP contribution in [-0.4, -0.2) is 13.0 Å². The summed E-state index contributed by atoms with van der Waals surface area (Å²) in [7, 11) is 0. The average Bonchev–Trinajstić information content (AvgIpc) is 2.74. The van der Waals surface area contributed by atoms with E-state index in [2.05, 4.69) is 45.5 Å². The first kappa shape index (κ1) is 9.89. The molecule has 1 N–H and O–H groups in total. The second kappa shape index (κ2) is 4.29. The number of fused-ring (bicyclic) bond motifs is 1. The molecule has 0 unspecified atom stereocenters. The SMILES string of the molecule is C1=CC(c2cc3c([nH]2)C=CI=C3)=CC=I1. The molecule has 0 aliphatic carbocycles. The van der Waals surface area contributed by atoms with E-state index in [9.17, 15) is 0 Å². The molecule has 1 aromatic heterocycles. The Bertz CT molecular complexity index is 512. The highest BCUT2D eigenvalue weighted by atomic mass is 127. The van der Waals surface area contributed by atoms with Crippen molar-refractivity contribution in [2.24, 2.45) is 0 Å². The standard InChI is InChI=1S/C12H9I2N/c1-4-13-5-2-9(1)12-7-10-8-14-6-3-11(10)15-12/h1-8,15H. The monoisotopic (exact) mass is 421 g/mol. The lowest BCUT2D eigenvalue weighted by Gasteiger charge is -1.99. The summed E-state index contributed by atoms with van der Waals surface area (Å²) in [4.78, 5) is 3.48. The molecular formula is C12H9I2N. The van der Waals surface area contributed by atoms with Crippen molar-refractivity contribution in [3.05, 3.63) is 43.3 Å². The van der Waals surface area contributed by atoms with Gasteiger partial charge in [-0.2, -0.15) is 0 Å². The Labute approximate surface area is 108 Å². The lowest BCUT2D eigenvalue weighted by molar-refractivity contribution is 1.33. The summed E-state index contributed by atoms with van der Waals surface area (Å²) in [5, 5.41) is 0. The van der Waals surface area contributed by atoms with E-state index in [0.717, 1.165) is 0 Å². The number of halogens is 2. The molecule has 0 bridgehead atoms. The van der Waals surface area contributed by atoms with Crippen LogP contribution in [0, 0.1) is 0 Å². The Hall–Kier alpha value is -0.300. The van der Waals surface area contributed by atoms with Crippen LogP contribution in [0.1, 0.15) is 17.0 Å². The highest BCUT2D eigenvalue weighted by Crippen LogP contribution is 2.25. The van der Waals surface area contributed by atoms with Crippen LogP contribution in [0.15, 0.2) is 26.4 Å². The molecule has 0 spiro atoms. The van der Waals surface area contributed by atoms with Gasteiger partial charge in [0.2, 0.25) is 0 Å². The quantitative estimate of drug-likeness (QED) is 0.665. The van der Waals surface area contributed by atoms with Crippen molar-refractivity contribution < 1.29 is 0 Å². The minimum absolute atomic E-state index is 0.155. The molecule has 3 heterocycles. The molecule has 0 atom stereocenters. The summed E-state index contributed by atoms with van der Waals surface area (Å²) in [6, 6.07) is 2.27. The van der Waals surface area contributed by atoms with Crippen molar-refractivity contribution in [3.63, 3.8) is 0 Å². The third-order valence-electron chi connectivity index (χ3n) is 2.30. The highest BCUT2D eigenvalue weighted by molar-refractivity contribution is 14.2. The predicted molar refractivity (Wildman–Crippen MR) is 86.2 cm³/mol. The van der Waals surface area contributed by atoms with Gasteiger partial charge in [0, 0.05) is 17.0 Å². The third-order valence-corrected chi connectivity index (χ3v) is 5.66. The summed E-state index contributed by atoms with van der Waals surface area (Å²) >= 11 is 0.342. The van der Waals surface area contributed by atoms with Crippen LogP contribution in [0.5, 0.6) is 0 Å². The Morgan fingerprint density at radius 3 is 2.80 bits per heavy atom. The lowest BCUT2D eigenvalue weighted by atomic mass is 10.1. The molecule has 0 saturated heterocycles. The van der Waals surface area contributed by atoms with Crippen molar-refractivity contribution >= 4 is 61.1 Å². The average molecular weight is 421 g/mol. The fraction of sp³-hybridized carbons (Fsp3) is 0. The molecular weight excluding hydrogens is 412 g/mol. The number of aromatic amines is 1. The summed E-state index contributed by atoms with van der Waals surface area (Å²) in [6.07, 6.45) is 6.70. The van der Waals surface area contributed by atoms with Crippen LogP contribution in [0.3, 0.4) is 0 Å². The molecule has 2 aliphatic heterocycles. The summed E-state index contributed by atoms with van der Waals surface area (Å²) in [5.74, 6) is 0. The number of nitrogens with one attached hydrogen (secondary N) is 1. The first-order valence-electron chi connectivity index (χ1n) is 4.60.